The highest BCUT2D eigenvalue weighted by atomic mass is 16.1. The fraction of sp³-hybridized carbons (Fsp3) is 0.375. The molecule has 2 aliphatic rings. The Hall–Kier alpha value is -3.00. The summed E-state index contributed by atoms with van der Waals surface area (Å²) in [5.41, 5.74) is 6.86. The number of allylic oxidation sites excluding steroid dienone is 6. The van der Waals surface area contributed by atoms with E-state index in [0.717, 1.165) is 70.2 Å². The van der Waals surface area contributed by atoms with E-state index in [2.05, 4.69) is 53.7 Å². The average molecular weight is 453 g/mol. The van der Waals surface area contributed by atoms with E-state index in [1.165, 1.54) is 0 Å². The molecule has 0 heterocycles. The van der Waals surface area contributed by atoms with E-state index >= 15 is 0 Å². The second-order valence-corrected chi connectivity index (χ2v) is 10.2. The fourth-order valence-corrected chi connectivity index (χ4v) is 5.30. The maximum Gasteiger partial charge on any atom is 0.190 e. The van der Waals surface area contributed by atoms with Crippen molar-refractivity contribution in [2.24, 2.45) is 10.8 Å². The van der Waals surface area contributed by atoms with Crippen LogP contribution < -0.4 is 0 Å². The summed E-state index contributed by atoms with van der Waals surface area (Å²) in [5.74, 6) is 0.255. The Morgan fingerprint density at radius 1 is 0.529 bits per heavy atom. The quantitative estimate of drug-likeness (QED) is 0.440. The summed E-state index contributed by atoms with van der Waals surface area (Å²) in [7, 11) is 0. The van der Waals surface area contributed by atoms with Crippen LogP contribution in [0, 0.1) is 10.8 Å². The number of hydrogen-bond donors (Lipinski definition) is 0. The second-order valence-electron chi connectivity index (χ2n) is 10.2. The van der Waals surface area contributed by atoms with Crippen molar-refractivity contribution in [3.63, 3.8) is 0 Å². The molecule has 0 spiro atoms. The molecule has 2 aliphatic carbocycles. The first kappa shape index (κ1) is 24.1. The molecular formula is C32H36O2. The number of ketones is 2. The van der Waals surface area contributed by atoms with Crippen LogP contribution in [-0.2, 0) is 0 Å². The smallest absolute Gasteiger partial charge is 0.190 e. The number of benzene rings is 2. The number of fused-ring (bicyclic) bond motifs is 2. The Balaban J connectivity index is 2.13. The van der Waals surface area contributed by atoms with Crippen molar-refractivity contribution < 1.29 is 9.59 Å². The third kappa shape index (κ3) is 3.64. The molecule has 2 nitrogen and oxygen atoms in total. The Morgan fingerprint density at radius 2 is 0.824 bits per heavy atom. The Morgan fingerprint density at radius 3 is 1.12 bits per heavy atom. The molecule has 0 saturated carbocycles. The lowest BCUT2D eigenvalue weighted by Crippen LogP contribution is -2.28. The van der Waals surface area contributed by atoms with Crippen LogP contribution in [0.4, 0.5) is 0 Å². The molecule has 176 valence electrons. The molecule has 0 N–H and O–H groups in total. The molecule has 0 aromatic heterocycles. The molecule has 34 heavy (non-hydrogen) atoms. The van der Waals surface area contributed by atoms with Gasteiger partial charge in [0.15, 0.2) is 11.6 Å². The molecule has 0 bridgehead atoms. The zero-order valence-electron chi connectivity index (χ0n) is 21.4. The van der Waals surface area contributed by atoms with Gasteiger partial charge >= 0.3 is 0 Å². The van der Waals surface area contributed by atoms with Gasteiger partial charge in [0.05, 0.1) is 0 Å². The van der Waals surface area contributed by atoms with E-state index in [1.807, 2.05) is 48.5 Å². The van der Waals surface area contributed by atoms with Crippen molar-refractivity contribution in [2.45, 2.75) is 67.2 Å². The van der Waals surface area contributed by atoms with Crippen LogP contribution in [0.2, 0.25) is 0 Å². The van der Waals surface area contributed by atoms with Gasteiger partial charge in [-0.1, -0.05) is 90.1 Å². The lowest BCUT2D eigenvalue weighted by atomic mass is 9.67. The first-order valence-electron chi connectivity index (χ1n) is 12.7. The number of carbonyl (C=O) groups excluding carboxylic acids is 2. The van der Waals surface area contributed by atoms with Crippen LogP contribution in [0.3, 0.4) is 0 Å². The molecule has 2 aromatic carbocycles. The van der Waals surface area contributed by atoms with Gasteiger partial charge in [-0.05, 0) is 70.9 Å². The molecule has 0 amide bonds. The summed E-state index contributed by atoms with van der Waals surface area (Å²) in [6, 6.07) is 15.9. The summed E-state index contributed by atoms with van der Waals surface area (Å²) in [5, 5.41) is 0. The van der Waals surface area contributed by atoms with Crippen molar-refractivity contribution in [3.8, 4) is 0 Å². The largest absolute Gasteiger partial charge is 0.289 e. The molecular weight excluding hydrogens is 416 g/mol. The monoisotopic (exact) mass is 452 g/mol. The van der Waals surface area contributed by atoms with Crippen LogP contribution in [0.15, 0.2) is 71.8 Å². The van der Waals surface area contributed by atoms with Gasteiger partial charge in [0.2, 0.25) is 0 Å². The van der Waals surface area contributed by atoms with Gasteiger partial charge in [-0.3, -0.25) is 9.59 Å². The maximum absolute atomic E-state index is 13.7. The Labute approximate surface area is 204 Å². The molecule has 4 rings (SSSR count). The van der Waals surface area contributed by atoms with Gasteiger partial charge in [-0.15, -0.1) is 0 Å². The minimum absolute atomic E-state index is 0.127. The third-order valence-electron chi connectivity index (χ3n) is 8.70. The van der Waals surface area contributed by atoms with E-state index < -0.39 is 0 Å². The normalized spacial score (nSPS) is 18.3. The Kier molecular flexibility index (Phi) is 6.38. The lowest BCUT2D eigenvalue weighted by molar-refractivity contribution is 0.0989. The highest BCUT2D eigenvalue weighted by molar-refractivity contribution is 6.23. The van der Waals surface area contributed by atoms with Crippen molar-refractivity contribution in [2.75, 3.05) is 0 Å². The summed E-state index contributed by atoms with van der Waals surface area (Å²) in [4.78, 5) is 27.3. The van der Waals surface area contributed by atoms with Crippen molar-refractivity contribution in [1.29, 1.82) is 0 Å². The van der Waals surface area contributed by atoms with Gasteiger partial charge in [0.25, 0.3) is 0 Å². The first-order valence-corrected chi connectivity index (χ1v) is 12.7. The molecule has 0 saturated heterocycles. The fourth-order valence-electron chi connectivity index (χ4n) is 5.30. The minimum Gasteiger partial charge on any atom is -0.289 e. The van der Waals surface area contributed by atoms with Crippen LogP contribution in [0.25, 0.3) is 11.1 Å². The molecule has 0 atom stereocenters. The van der Waals surface area contributed by atoms with Crippen LogP contribution >= 0.6 is 0 Å². The molecule has 0 aliphatic heterocycles. The van der Waals surface area contributed by atoms with E-state index in [0.29, 0.717) is 0 Å². The maximum atomic E-state index is 13.7. The molecule has 2 heteroatoms. The number of hydrogen-bond acceptors (Lipinski definition) is 2. The van der Waals surface area contributed by atoms with Gasteiger partial charge in [-0.2, -0.15) is 0 Å². The lowest BCUT2D eigenvalue weighted by Gasteiger charge is -2.35. The van der Waals surface area contributed by atoms with E-state index in [9.17, 15) is 9.59 Å². The zero-order chi connectivity index (χ0) is 24.7. The topological polar surface area (TPSA) is 34.1 Å². The van der Waals surface area contributed by atoms with Crippen LogP contribution in [0.1, 0.15) is 99.1 Å². The number of rotatable bonds is 6. The van der Waals surface area contributed by atoms with E-state index in [1.54, 1.807) is 0 Å². The second kappa shape index (κ2) is 8.98. The summed E-state index contributed by atoms with van der Waals surface area (Å²) in [6.07, 6.45) is 7.83. The molecule has 0 unspecified atom stereocenters. The van der Waals surface area contributed by atoms with Crippen molar-refractivity contribution in [3.05, 3.63) is 94.1 Å². The van der Waals surface area contributed by atoms with Crippen LogP contribution in [-0.4, -0.2) is 11.6 Å². The van der Waals surface area contributed by atoms with Crippen molar-refractivity contribution >= 4 is 22.7 Å². The molecule has 2 aromatic rings. The predicted molar refractivity (Wildman–Crippen MR) is 142 cm³/mol. The van der Waals surface area contributed by atoms with Gasteiger partial charge in [0.1, 0.15) is 0 Å². The summed E-state index contributed by atoms with van der Waals surface area (Å²) in [6.45, 7) is 13.0. The molecule has 0 radical (unpaired) electrons. The van der Waals surface area contributed by atoms with Crippen molar-refractivity contribution in [1.82, 2.24) is 0 Å². The minimum atomic E-state index is -0.200. The number of Topliss-reactive ketones (excluding diaryl/α,β-unsaturated/α-hetero) is 2. The average Bonchev–Trinajstić information content (AvgIpc) is 2.89. The standard InChI is InChI=1S/C32H36O2/c1-7-31(5,8-2)27-19-25(21-15-11-13-17-23(21)29(27)33)26-20-28(32(6,9-3)10-4)30(34)24-18-14-12-16-22(24)26/h11-20H,7-10H2,1-6H3/b26-25-. The zero-order valence-corrected chi connectivity index (χ0v) is 21.4. The van der Waals surface area contributed by atoms with Gasteiger partial charge in [0, 0.05) is 22.3 Å². The Bertz CT molecular complexity index is 1150. The van der Waals surface area contributed by atoms with E-state index in [4.69, 9.17) is 0 Å². The van der Waals surface area contributed by atoms with E-state index in [-0.39, 0.29) is 22.4 Å². The predicted octanol–water partition coefficient (Wildman–Crippen LogP) is 8.50. The summed E-state index contributed by atoms with van der Waals surface area (Å²) < 4.78 is 0. The third-order valence-corrected chi connectivity index (χ3v) is 8.70. The van der Waals surface area contributed by atoms with Crippen LogP contribution in [0.5, 0.6) is 0 Å². The highest BCUT2D eigenvalue weighted by Gasteiger charge is 2.38. The number of carbonyl (C=O) groups is 2. The first-order chi connectivity index (χ1) is 16.2. The highest BCUT2D eigenvalue weighted by Crippen LogP contribution is 2.48. The molecule has 0 fully saturated rings. The van der Waals surface area contributed by atoms with Gasteiger partial charge < -0.3 is 0 Å². The summed E-state index contributed by atoms with van der Waals surface area (Å²) >= 11 is 0. The van der Waals surface area contributed by atoms with Gasteiger partial charge in [-0.25, -0.2) is 0 Å². The SMILES string of the molecule is CCC(C)(CC)C1=C/C(=C2\C=C(C(C)(CC)CC)C(=O)c3ccccc32)c2ccccc2C1=O.